The number of nitrogens with zero attached hydrogens (tertiary/aromatic N) is 5. The second-order valence-corrected chi connectivity index (χ2v) is 6.59. The summed E-state index contributed by atoms with van der Waals surface area (Å²) in [5, 5.41) is 7.36. The summed E-state index contributed by atoms with van der Waals surface area (Å²) >= 11 is 0. The smallest absolute Gasteiger partial charge is 0.274 e. The van der Waals surface area contributed by atoms with E-state index in [2.05, 4.69) is 32.0 Å². The maximum atomic E-state index is 12.8. The Labute approximate surface area is 141 Å². The molecule has 7 heteroatoms. The molecule has 0 atom stereocenters. The first kappa shape index (κ1) is 15.3. The van der Waals surface area contributed by atoms with E-state index < -0.39 is 0 Å². The SMILES string of the molecule is CN1CCN(C(=O)c2n[nH]c3c2CN(Cc2ccccn2)C3)CC1. The van der Waals surface area contributed by atoms with Crippen LogP contribution in [0.15, 0.2) is 24.4 Å². The van der Waals surface area contributed by atoms with Gasteiger partial charge in [0.25, 0.3) is 5.91 Å². The third-order valence-corrected chi connectivity index (χ3v) is 4.82. The number of H-pyrrole nitrogens is 1. The van der Waals surface area contributed by atoms with Gasteiger partial charge in [0.2, 0.25) is 0 Å². The Balaban J connectivity index is 1.45. The molecule has 126 valence electrons. The number of pyridine rings is 1. The molecule has 0 saturated carbocycles. The van der Waals surface area contributed by atoms with Crippen LogP contribution in [0.4, 0.5) is 0 Å². The number of aromatic amines is 1. The molecule has 0 radical (unpaired) electrons. The summed E-state index contributed by atoms with van der Waals surface area (Å²) in [4.78, 5) is 23.6. The van der Waals surface area contributed by atoms with Crippen molar-refractivity contribution in [3.63, 3.8) is 0 Å². The number of amides is 1. The predicted octanol–water partition coefficient (Wildman–Crippen LogP) is 0.708. The fourth-order valence-corrected chi connectivity index (χ4v) is 3.37. The molecule has 0 spiro atoms. The minimum atomic E-state index is 0.0558. The first-order valence-electron chi connectivity index (χ1n) is 8.37. The van der Waals surface area contributed by atoms with E-state index in [0.717, 1.165) is 62.8 Å². The van der Waals surface area contributed by atoms with Gasteiger partial charge in [-0.2, -0.15) is 5.10 Å². The van der Waals surface area contributed by atoms with E-state index in [9.17, 15) is 4.79 Å². The molecular formula is C17H22N6O. The summed E-state index contributed by atoms with van der Waals surface area (Å²) in [6.45, 7) is 5.70. The van der Waals surface area contributed by atoms with Gasteiger partial charge in [-0.05, 0) is 19.2 Å². The minimum absolute atomic E-state index is 0.0558. The predicted molar refractivity (Wildman–Crippen MR) is 89.2 cm³/mol. The molecule has 4 heterocycles. The molecule has 0 bridgehead atoms. The number of fused-ring (bicyclic) bond motifs is 1. The van der Waals surface area contributed by atoms with Crippen LogP contribution in [0.25, 0.3) is 0 Å². The van der Waals surface area contributed by atoms with E-state index >= 15 is 0 Å². The summed E-state index contributed by atoms with van der Waals surface area (Å²) in [5.74, 6) is 0.0558. The zero-order valence-electron chi connectivity index (χ0n) is 13.9. The zero-order chi connectivity index (χ0) is 16.5. The molecule has 4 rings (SSSR count). The molecule has 2 aromatic rings. The van der Waals surface area contributed by atoms with E-state index in [4.69, 9.17) is 0 Å². The number of aromatic nitrogens is 3. The van der Waals surface area contributed by atoms with Gasteiger partial charge < -0.3 is 9.80 Å². The number of hydrogen-bond acceptors (Lipinski definition) is 5. The fourth-order valence-electron chi connectivity index (χ4n) is 3.37. The van der Waals surface area contributed by atoms with Gasteiger partial charge in [-0.25, -0.2) is 0 Å². The molecule has 0 aliphatic carbocycles. The third kappa shape index (κ3) is 2.92. The molecular weight excluding hydrogens is 304 g/mol. The van der Waals surface area contributed by atoms with Gasteiger partial charge in [-0.15, -0.1) is 0 Å². The lowest BCUT2D eigenvalue weighted by molar-refractivity contribution is 0.0656. The van der Waals surface area contributed by atoms with Gasteiger partial charge in [0, 0.05) is 57.6 Å². The van der Waals surface area contributed by atoms with E-state index in [1.807, 2.05) is 29.3 Å². The molecule has 2 aromatic heterocycles. The Morgan fingerprint density at radius 2 is 2.04 bits per heavy atom. The first-order valence-corrected chi connectivity index (χ1v) is 8.37. The normalized spacial score (nSPS) is 18.8. The highest BCUT2D eigenvalue weighted by Crippen LogP contribution is 2.26. The van der Waals surface area contributed by atoms with Crippen molar-refractivity contribution < 1.29 is 4.79 Å². The van der Waals surface area contributed by atoms with Crippen molar-refractivity contribution in [2.75, 3.05) is 33.2 Å². The Morgan fingerprint density at radius 3 is 2.79 bits per heavy atom. The summed E-state index contributed by atoms with van der Waals surface area (Å²) in [7, 11) is 2.09. The number of nitrogens with one attached hydrogen (secondary N) is 1. The van der Waals surface area contributed by atoms with E-state index in [0.29, 0.717) is 5.69 Å². The monoisotopic (exact) mass is 326 g/mol. The molecule has 2 aliphatic heterocycles. The number of piperazine rings is 1. The Morgan fingerprint density at radius 1 is 1.21 bits per heavy atom. The van der Waals surface area contributed by atoms with Crippen molar-refractivity contribution in [3.8, 4) is 0 Å². The standard InChI is InChI=1S/C17H22N6O/c1-21-6-8-23(9-7-21)17(24)16-14-11-22(12-15(14)19-20-16)10-13-4-2-3-5-18-13/h2-5H,6-12H2,1H3,(H,19,20). The van der Waals surface area contributed by atoms with Crippen LogP contribution >= 0.6 is 0 Å². The lowest BCUT2D eigenvalue weighted by Gasteiger charge is -2.32. The van der Waals surface area contributed by atoms with Gasteiger partial charge in [0.1, 0.15) is 0 Å². The summed E-state index contributed by atoms with van der Waals surface area (Å²) in [5.41, 5.74) is 3.75. The fraction of sp³-hybridized carbons (Fsp3) is 0.471. The number of likely N-dealkylation sites (N-methyl/N-ethyl adjacent to an activating group) is 1. The van der Waals surface area contributed by atoms with Crippen molar-refractivity contribution in [3.05, 3.63) is 47.0 Å². The second-order valence-electron chi connectivity index (χ2n) is 6.59. The molecule has 1 saturated heterocycles. The van der Waals surface area contributed by atoms with Gasteiger partial charge in [-0.3, -0.25) is 19.8 Å². The van der Waals surface area contributed by atoms with Gasteiger partial charge >= 0.3 is 0 Å². The zero-order valence-corrected chi connectivity index (χ0v) is 13.9. The van der Waals surface area contributed by atoms with Crippen LogP contribution in [0, 0.1) is 0 Å². The molecule has 0 unspecified atom stereocenters. The van der Waals surface area contributed by atoms with E-state index in [1.54, 1.807) is 0 Å². The van der Waals surface area contributed by atoms with Crippen LogP contribution in [0.2, 0.25) is 0 Å². The Hall–Kier alpha value is -2.25. The van der Waals surface area contributed by atoms with Crippen LogP contribution in [-0.2, 0) is 19.6 Å². The van der Waals surface area contributed by atoms with Crippen molar-refractivity contribution in [1.29, 1.82) is 0 Å². The van der Waals surface area contributed by atoms with Gasteiger partial charge in [0.15, 0.2) is 5.69 Å². The maximum Gasteiger partial charge on any atom is 0.274 e. The highest BCUT2D eigenvalue weighted by Gasteiger charge is 2.31. The molecule has 2 aliphatic rings. The highest BCUT2D eigenvalue weighted by molar-refractivity contribution is 5.94. The highest BCUT2D eigenvalue weighted by atomic mass is 16.2. The Bertz CT molecular complexity index is 720. The number of carbonyl (C=O) groups is 1. The molecule has 1 fully saturated rings. The van der Waals surface area contributed by atoms with Crippen molar-refractivity contribution in [2.45, 2.75) is 19.6 Å². The summed E-state index contributed by atoms with van der Waals surface area (Å²) < 4.78 is 0. The number of hydrogen-bond donors (Lipinski definition) is 1. The van der Waals surface area contributed by atoms with Crippen LogP contribution in [0.3, 0.4) is 0 Å². The van der Waals surface area contributed by atoms with Crippen LogP contribution in [0.5, 0.6) is 0 Å². The average Bonchev–Trinajstić information content (AvgIpc) is 3.16. The van der Waals surface area contributed by atoms with Crippen molar-refractivity contribution in [2.24, 2.45) is 0 Å². The molecule has 24 heavy (non-hydrogen) atoms. The van der Waals surface area contributed by atoms with E-state index in [1.165, 1.54) is 0 Å². The molecule has 7 nitrogen and oxygen atoms in total. The van der Waals surface area contributed by atoms with Crippen LogP contribution in [-0.4, -0.2) is 69.0 Å². The second kappa shape index (κ2) is 6.33. The first-order chi connectivity index (χ1) is 11.7. The van der Waals surface area contributed by atoms with Crippen molar-refractivity contribution >= 4 is 5.91 Å². The molecule has 0 aromatic carbocycles. The topological polar surface area (TPSA) is 68.4 Å². The minimum Gasteiger partial charge on any atom is -0.335 e. The molecule has 1 N–H and O–H groups in total. The Kier molecular flexibility index (Phi) is 4.03. The van der Waals surface area contributed by atoms with Crippen LogP contribution in [0.1, 0.15) is 27.4 Å². The lowest BCUT2D eigenvalue weighted by Crippen LogP contribution is -2.47. The summed E-state index contributed by atoms with van der Waals surface area (Å²) in [6, 6.07) is 5.95. The lowest BCUT2D eigenvalue weighted by atomic mass is 10.2. The maximum absolute atomic E-state index is 12.8. The quantitative estimate of drug-likeness (QED) is 0.900. The third-order valence-electron chi connectivity index (χ3n) is 4.82. The van der Waals surface area contributed by atoms with Crippen molar-refractivity contribution in [1.82, 2.24) is 29.9 Å². The van der Waals surface area contributed by atoms with Crippen LogP contribution < -0.4 is 0 Å². The van der Waals surface area contributed by atoms with Gasteiger partial charge in [-0.1, -0.05) is 6.07 Å². The van der Waals surface area contributed by atoms with E-state index in [-0.39, 0.29) is 5.91 Å². The number of rotatable bonds is 3. The number of carbonyl (C=O) groups excluding carboxylic acids is 1. The van der Waals surface area contributed by atoms with Gasteiger partial charge in [0.05, 0.1) is 11.4 Å². The molecule has 1 amide bonds. The summed E-state index contributed by atoms with van der Waals surface area (Å²) in [6.07, 6.45) is 1.81. The average molecular weight is 326 g/mol. The largest absolute Gasteiger partial charge is 0.335 e.